The van der Waals surface area contributed by atoms with Gasteiger partial charge in [-0.15, -0.1) is 0 Å². The molecule has 0 N–H and O–H groups in total. The number of hydrogen-bond acceptors (Lipinski definition) is 4. The van der Waals surface area contributed by atoms with Gasteiger partial charge in [0.2, 0.25) is 0 Å². The van der Waals surface area contributed by atoms with Crippen LogP contribution in [-0.2, 0) is 18.4 Å². The molecule has 4 nitrogen and oxygen atoms in total. The van der Waals surface area contributed by atoms with Gasteiger partial charge in [0, 0.05) is 21.1 Å². The van der Waals surface area contributed by atoms with E-state index in [0.29, 0.717) is 11.8 Å². The van der Waals surface area contributed by atoms with E-state index in [1.54, 1.807) is 14.2 Å². The molecule has 0 aliphatic heterocycles. The van der Waals surface area contributed by atoms with Crippen molar-refractivity contribution in [2.75, 3.05) is 14.2 Å². The Balaban J connectivity index is 1.96. The van der Waals surface area contributed by atoms with Gasteiger partial charge in [-0.1, -0.05) is 12.2 Å². The van der Waals surface area contributed by atoms with Crippen LogP contribution in [0.5, 0.6) is 0 Å². The van der Waals surface area contributed by atoms with Crippen LogP contribution in [0, 0.1) is 17.8 Å². The molecule has 0 aromatic carbocycles. The first-order valence-corrected chi connectivity index (χ1v) is 7.83. The van der Waals surface area contributed by atoms with Crippen LogP contribution in [0.25, 0.3) is 0 Å². The molecule has 0 amide bonds. The van der Waals surface area contributed by atoms with E-state index >= 15 is 0 Å². The summed E-state index contributed by atoms with van der Waals surface area (Å²) in [5.74, 6) is 1.74. The summed E-state index contributed by atoms with van der Waals surface area (Å²) in [4.78, 5) is 11.2. The third-order valence-electron chi connectivity index (χ3n) is 3.91. The van der Waals surface area contributed by atoms with E-state index < -0.39 is 9.28 Å². The van der Waals surface area contributed by atoms with Crippen LogP contribution in [-0.4, -0.2) is 35.2 Å². The normalized spacial score (nSPS) is 31.0. The van der Waals surface area contributed by atoms with Crippen molar-refractivity contribution in [1.82, 2.24) is 0 Å². The lowest BCUT2D eigenvalue weighted by atomic mass is 9.91. The largest absolute Gasteiger partial charge is 0.461 e. The SMILES string of the molecule is CO[Si](OC)C(CC1CC2C=CC1C2)OC(C)=O. The van der Waals surface area contributed by atoms with Crippen molar-refractivity contribution in [3.63, 3.8) is 0 Å². The van der Waals surface area contributed by atoms with Gasteiger partial charge in [0.1, 0.15) is 5.73 Å². The average molecular weight is 269 g/mol. The van der Waals surface area contributed by atoms with Gasteiger partial charge in [0.05, 0.1) is 0 Å². The zero-order valence-electron chi connectivity index (χ0n) is 11.2. The van der Waals surface area contributed by atoms with Crippen molar-refractivity contribution >= 4 is 15.3 Å². The smallest absolute Gasteiger partial charge is 0.429 e. The molecule has 0 saturated heterocycles. The minimum atomic E-state index is -1.53. The third kappa shape index (κ3) is 3.02. The number of ether oxygens (including phenoxy) is 1. The highest BCUT2D eigenvalue weighted by atomic mass is 28.3. The van der Waals surface area contributed by atoms with Crippen molar-refractivity contribution in [1.29, 1.82) is 0 Å². The maximum Gasteiger partial charge on any atom is 0.429 e. The van der Waals surface area contributed by atoms with E-state index in [4.69, 9.17) is 13.6 Å². The second-order valence-electron chi connectivity index (χ2n) is 5.10. The lowest BCUT2D eigenvalue weighted by Crippen LogP contribution is -2.40. The van der Waals surface area contributed by atoms with Gasteiger partial charge in [0.15, 0.2) is 0 Å². The quantitative estimate of drug-likeness (QED) is 0.419. The molecular weight excluding hydrogens is 248 g/mol. The molecule has 2 rings (SSSR count). The molecular formula is C13H21O4Si. The highest BCUT2D eigenvalue weighted by Gasteiger charge is 2.40. The topological polar surface area (TPSA) is 44.8 Å². The van der Waals surface area contributed by atoms with Crippen LogP contribution < -0.4 is 0 Å². The molecule has 1 fully saturated rings. The predicted octanol–water partition coefficient (Wildman–Crippen LogP) is 1.84. The van der Waals surface area contributed by atoms with Gasteiger partial charge in [0.25, 0.3) is 0 Å². The van der Waals surface area contributed by atoms with Crippen LogP contribution in [0.3, 0.4) is 0 Å². The average Bonchev–Trinajstić information content (AvgIpc) is 2.91. The Labute approximate surface area is 110 Å². The molecule has 4 atom stereocenters. The Morgan fingerprint density at radius 3 is 2.50 bits per heavy atom. The second-order valence-corrected chi connectivity index (χ2v) is 7.20. The van der Waals surface area contributed by atoms with E-state index in [-0.39, 0.29) is 11.7 Å². The van der Waals surface area contributed by atoms with Crippen LogP contribution in [0.2, 0.25) is 0 Å². The van der Waals surface area contributed by atoms with Gasteiger partial charge >= 0.3 is 15.3 Å². The highest BCUT2D eigenvalue weighted by molar-refractivity contribution is 6.46. The molecule has 4 unspecified atom stereocenters. The fourth-order valence-electron chi connectivity index (χ4n) is 3.18. The molecule has 2 aliphatic rings. The Kier molecular flexibility index (Phi) is 4.58. The first kappa shape index (κ1) is 13.8. The first-order chi connectivity index (χ1) is 8.63. The highest BCUT2D eigenvalue weighted by Crippen LogP contribution is 2.45. The fraction of sp³-hybridized carbons (Fsp3) is 0.769. The number of hydrogen-bond donors (Lipinski definition) is 0. The van der Waals surface area contributed by atoms with Crippen molar-refractivity contribution in [3.8, 4) is 0 Å². The Morgan fingerprint density at radius 2 is 2.06 bits per heavy atom. The maximum atomic E-state index is 11.2. The van der Waals surface area contributed by atoms with E-state index in [0.717, 1.165) is 12.3 Å². The minimum absolute atomic E-state index is 0.208. The standard InChI is InChI=1S/C13H21O4Si/c1-9(14)17-13(18(15-2)16-3)8-12-7-10-4-5-11(12)6-10/h4-5,10-13H,6-8H2,1-3H3. The Bertz CT molecular complexity index is 327. The van der Waals surface area contributed by atoms with Crippen LogP contribution >= 0.6 is 0 Å². The van der Waals surface area contributed by atoms with E-state index in [2.05, 4.69) is 12.2 Å². The first-order valence-electron chi connectivity index (χ1n) is 6.44. The number of esters is 1. The van der Waals surface area contributed by atoms with Gasteiger partial charge in [-0.05, 0) is 37.0 Å². The summed E-state index contributed by atoms with van der Waals surface area (Å²) in [6, 6.07) is 0. The number of fused-ring (bicyclic) bond motifs is 2. The molecule has 0 heterocycles. The number of rotatable bonds is 6. The molecule has 2 bridgehead atoms. The number of carbonyl (C=O) groups is 1. The summed E-state index contributed by atoms with van der Waals surface area (Å²) < 4.78 is 16.1. The monoisotopic (exact) mass is 269 g/mol. The van der Waals surface area contributed by atoms with Crippen LogP contribution in [0.4, 0.5) is 0 Å². The molecule has 0 spiro atoms. The Hall–Kier alpha value is -0.653. The van der Waals surface area contributed by atoms with E-state index in [1.807, 2.05) is 0 Å². The summed E-state index contributed by atoms with van der Waals surface area (Å²) in [5, 5.41) is 0. The fourth-order valence-corrected chi connectivity index (χ4v) is 4.63. The molecule has 18 heavy (non-hydrogen) atoms. The lowest BCUT2D eigenvalue weighted by molar-refractivity contribution is -0.144. The number of carbonyl (C=O) groups excluding carboxylic acids is 1. The summed E-state index contributed by atoms with van der Waals surface area (Å²) in [6.45, 7) is 1.44. The summed E-state index contributed by atoms with van der Waals surface area (Å²) in [7, 11) is 1.71. The van der Waals surface area contributed by atoms with Crippen LogP contribution in [0.15, 0.2) is 12.2 Å². The lowest BCUT2D eigenvalue weighted by Gasteiger charge is -2.26. The van der Waals surface area contributed by atoms with Crippen molar-refractivity contribution < 1.29 is 18.4 Å². The van der Waals surface area contributed by atoms with Gasteiger partial charge in [-0.3, -0.25) is 4.79 Å². The molecule has 101 valence electrons. The maximum absolute atomic E-state index is 11.2. The summed E-state index contributed by atoms with van der Waals surface area (Å²) in [5.41, 5.74) is -0.208. The minimum Gasteiger partial charge on any atom is -0.461 e. The molecule has 0 aromatic rings. The zero-order valence-corrected chi connectivity index (χ0v) is 12.2. The molecule has 1 saturated carbocycles. The van der Waals surface area contributed by atoms with Gasteiger partial charge < -0.3 is 13.6 Å². The van der Waals surface area contributed by atoms with Gasteiger partial charge in [-0.2, -0.15) is 0 Å². The van der Waals surface area contributed by atoms with E-state index in [9.17, 15) is 4.79 Å². The summed E-state index contributed by atoms with van der Waals surface area (Å²) in [6.07, 6.45) is 7.97. The van der Waals surface area contributed by atoms with Gasteiger partial charge in [-0.25, -0.2) is 0 Å². The molecule has 2 aliphatic carbocycles. The predicted molar refractivity (Wildman–Crippen MR) is 68.8 cm³/mol. The van der Waals surface area contributed by atoms with Crippen LogP contribution in [0.1, 0.15) is 26.2 Å². The third-order valence-corrected chi connectivity index (χ3v) is 5.59. The van der Waals surface area contributed by atoms with Crippen molar-refractivity contribution in [2.45, 2.75) is 31.9 Å². The Morgan fingerprint density at radius 1 is 1.33 bits per heavy atom. The molecule has 5 heteroatoms. The summed E-state index contributed by atoms with van der Waals surface area (Å²) >= 11 is 0. The molecule has 1 radical (unpaired) electrons. The zero-order chi connectivity index (χ0) is 13.1. The molecule has 0 aromatic heterocycles. The second kappa shape index (κ2) is 5.99. The van der Waals surface area contributed by atoms with Crippen molar-refractivity contribution in [2.24, 2.45) is 17.8 Å². The number of allylic oxidation sites excluding steroid dienone is 2. The van der Waals surface area contributed by atoms with Crippen molar-refractivity contribution in [3.05, 3.63) is 12.2 Å². The van der Waals surface area contributed by atoms with E-state index in [1.165, 1.54) is 19.8 Å².